The first-order chi connectivity index (χ1) is 18.3. The van der Waals surface area contributed by atoms with Gasteiger partial charge in [0.15, 0.2) is 4.90 Å². The molecule has 38 heavy (non-hydrogen) atoms. The quantitative estimate of drug-likeness (QED) is 0.253. The fourth-order valence-corrected chi connectivity index (χ4v) is 5.84. The predicted octanol–water partition coefficient (Wildman–Crippen LogP) is 5.04. The minimum atomic E-state index is -4.10. The van der Waals surface area contributed by atoms with E-state index in [4.69, 9.17) is 25.8 Å². The molecule has 2 heterocycles. The number of esters is 1. The number of ether oxygens (including phenoxy) is 3. The van der Waals surface area contributed by atoms with E-state index in [1.165, 1.54) is 22.3 Å². The van der Waals surface area contributed by atoms with Crippen molar-refractivity contribution in [3.63, 3.8) is 0 Å². The largest absolute Gasteiger partial charge is 0.486 e. The zero-order chi connectivity index (χ0) is 27.3. The number of sulfonamides is 1. The number of aryl methyl sites for hydroxylation is 1. The van der Waals surface area contributed by atoms with Crippen molar-refractivity contribution in [2.24, 2.45) is 0 Å². The van der Waals surface area contributed by atoms with E-state index in [-0.39, 0.29) is 30.3 Å². The molecule has 0 spiro atoms. The summed E-state index contributed by atoms with van der Waals surface area (Å²) in [4.78, 5) is 11.7. The van der Waals surface area contributed by atoms with Crippen molar-refractivity contribution >= 4 is 45.4 Å². The van der Waals surface area contributed by atoms with Gasteiger partial charge in [0.05, 0.1) is 25.9 Å². The Balaban J connectivity index is 1.75. The third-order valence-electron chi connectivity index (χ3n) is 6.04. The van der Waals surface area contributed by atoms with Gasteiger partial charge in [-0.2, -0.15) is 0 Å². The van der Waals surface area contributed by atoms with Crippen molar-refractivity contribution in [2.45, 2.75) is 44.2 Å². The van der Waals surface area contributed by atoms with Crippen LogP contribution < -0.4 is 13.8 Å². The number of hydrogen-bond acceptors (Lipinski definition) is 7. The topological polar surface area (TPSA) is 100.0 Å². The zero-order valence-electron chi connectivity index (χ0n) is 21.5. The van der Waals surface area contributed by atoms with Crippen LogP contribution in [0.5, 0.6) is 11.6 Å². The fraction of sp³-hybridized carbons (Fsp3) is 0.333. The number of carbonyl (C=O) groups excluding carboxylic acids is 1. The van der Waals surface area contributed by atoms with E-state index in [1.807, 2.05) is 43.3 Å². The third kappa shape index (κ3) is 5.97. The molecule has 0 N–H and O–H groups in total. The number of rotatable bonds is 10. The minimum absolute atomic E-state index is 0.00682. The zero-order valence-corrected chi connectivity index (χ0v) is 23.0. The summed E-state index contributed by atoms with van der Waals surface area (Å²) in [5.41, 5.74) is 1.98. The molecular formula is C27H30ClN3O6S. The Kier molecular flexibility index (Phi) is 8.63. The minimum Gasteiger partial charge on any atom is -0.486 e. The SMILES string of the molecule is CCOc1nn(CC)cc1S(=O)(=O)N1CC(CCC(=O)OC)Oc2ccc(C=Cc3ccccc3Cl)cc21. The summed E-state index contributed by atoms with van der Waals surface area (Å²) in [6, 6.07) is 12.8. The van der Waals surface area contributed by atoms with Crippen molar-refractivity contribution in [3.8, 4) is 11.6 Å². The van der Waals surface area contributed by atoms with Crippen LogP contribution in [-0.4, -0.2) is 50.5 Å². The van der Waals surface area contributed by atoms with Crippen molar-refractivity contribution in [1.29, 1.82) is 0 Å². The normalized spacial score (nSPS) is 15.3. The van der Waals surface area contributed by atoms with Crippen molar-refractivity contribution in [1.82, 2.24) is 9.78 Å². The first kappa shape index (κ1) is 27.5. The molecule has 0 bridgehead atoms. The lowest BCUT2D eigenvalue weighted by molar-refractivity contribution is -0.141. The van der Waals surface area contributed by atoms with Crippen LogP contribution in [-0.2, 0) is 26.1 Å². The summed E-state index contributed by atoms with van der Waals surface area (Å²) < 4.78 is 47.4. The highest BCUT2D eigenvalue weighted by molar-refractivity contribution is 7.93. The highest BCUT2D eigenvalue weighted by Crippen LogP contribution is 2.40. The predicted molar refractivity (Wildman–Crippen MR) is 146 cm³/mol. The Morgan fingerprint density at radius 3 is 2.71 bits per heavy atom. The molecule has 0 fully saturated rings. The highest BCUT2D eigenvalue weighted by atomic mass is 35.5. The van der Waals surface area contributed by atoms with E-state index in [0.717, 1.165) is 11.1 Å². The van der Waals surface area contributed by atoms with Gasteiger partial charge >= 0.3 is 5.97 Å². The second-order valence-corrected chi connectivity index (χ2v) is 10.8. The van der Waals surface area contributed by atoms with Crippen LogP contribution >= 0.6 is 11.6 Å². The Bertz CT molecular complexity index is 1440. The van der Waals surface area contributed by atoms with Crippen LogP contribution in [0.4, 0.5) is 5.69 Å². The number of nitrogens with zero attached hydrogens (tertiary/aromatic N) is 3. The lowest BCUT2D eigenvalue weighted by Gasteiger charge is -2.35. The number of carbonyl (C=O) groups is 1. The summed E-state index contributed by atoms with van der Waals surface area (Å²) in [7, 11) is -2.79. The molecule has 202 valence electrons. The molecule has 1 aromatic heterocycles. The van der Waals surface area contributed by atoms with Crippen LogP contribution in [0.15, 0.2) is 53.6 Å². The Labute approximate surface area is 227 Å². The average Bonchev–Trinajstić information content (AvgIpc) is 3.35. The van der Waals surface area contributed by atoms with E-state index < -0.39 is 22.1 Å². The molecular weight excluding hydrogens is 530 g/mol. The Morgan fingerprint density at radius 1 is 1.21 bits per heavy atom. The molecule has 1 aliphatic heterocycles. The van der Waals surface area contributed by atoms with Crippen LogP contribution in [0.2, 0.25) is 5.02 Å². The van der Waals surface area contributed by atoms with Gasteiger partial charge in [-0.1, -0.05) is 48.0 Å². The van der Waals surface area contributed by atoms with Gasteiger partial charge in [-0.25, -0.2) is 8.42 Å². The lowest BCUT2D eigenvalue weighted by Crippen LogP contribution is -2.43. The van der Waals surface area contributed by atoms with Gasteiger partial charge < -0.3 is 14.2 Å². The monoisotopic (exact) mass is 559 g/mol. The number of hydrogen-bond donors (Lipinski definition) is 0. The number of halogens is 1. The molecule has 0 aliphatic carbocycles. The van der Waals surface area contributed by atoms with Gasteiger partial charge in [0.1, 0.15) is 11.9 Å². The molecule has 1 unspecified atom stereocenters. The molecule has 2 aromatic carbocycles. The standard InChI is InChI=1S/C27H30ClN3O6S/c1-4-30-18-25(27(29-30)36-5-2)38(33,34)31-17-21(13-15-26(32)35-3)37-24-14-11-19(16-23(24)31)10-12-20-8-6-7-9-22(20)28/h6-12,14,16,18,21H,4-5,13,15,17H2,1-3H3. The van der Waals surface area contributed by atoms with Crippen LogP contribution in [0.25, 0.3) is 12.2 Å². The van der Waals surface area contributed by atoms with Crippen LogP contribution in [0, 0.1) is 0 Å². The van der Waals surface area contributed by atoms with E-state index >= 15 is 0 Å². The summed E-state index contributed by atoms with van der Waals surface area (Å²) in [5, 5.41) is 4.90. The van der Waals surface area contributed by atoms with Gasteiger partial charge in [-0.05, 0) is 49.6 Å². The van der Waals surface area contributed by atoms with Gasteiger partial charge in [0.2, 0.25) is 0 Å². The second kappa shape index (κ2) is 11.9. The molecule has 9 nitrogen and oxygen atoms in total. The summed E-state index contributed by atoms with van der Waals surface area (Å²) in [6.45, 7) is 4.39. The van der Waals surface area contributed by atoms with Crippen molar-refractivity contribution in [2.75, 3.05) is 24.6 Å². The summed E-state index contributed by atoms with van der Waals surface area (Å²) >= 11 is 6.28. The van der Waals surface area contributed by atoms with Crippen molar-refractivity contribution < 1.29 is 27.4 Å². The summed E-state index contributed by atoms with van der Waals surface area (Å²) in [5.74, 6) is 0.0467. The van der Waals surface area contributed by atoms with Crippen LogP contribution in [0.3, 0.4) is 0 Å². The molecule has 4 rings (SSSR count). The van der Waals surface area contributed by atoms with Gasteiger partial charge in [0, 0.05) is 24.2 Å². The molecule has 1 atom stereocenters. The number of aromatic nitrogens is 2. The Morgan fingerprint density at radius 2 is 2.00 bits per heavy atom. The lowest BCUT2D eigenvalue weighted by atomic mass is 10.1. The maximum absolute atomic E-state index is 14.1. The van der Waals surface area contributed by atoms with E-state index in [0.29, 0.717) is 29.4 Å². The molecule has 11 heteroatoms. The molecule has 0 saturated heterocycles. The van der Waals surface area contributed by atoms with E-state index in [9.17, 15) is 13.2 Å². The van der Waals surface area contributed by atoms with E-state index in [1.54, 1.807) is 25.1 Å². The van der Waals surface area contributed by atoms with Crippen molar-refractivity contribution in [3.05, 3.63) is 64.8 Å². The molecule has 1 aliphatic rings. The highest BCUT2D eigenvalue weighted by Gasteiger charge is 2.37. The number of anilines is 1. The average molecular weight is 560 g/mol. The molecule has 0 saturated carbocycles. The van der Waals surface area contributed by atoms with Gasteiger partial charge in [0.25, 0.3) is 15.9 Å². The third-order valence-corrected chi connectivity index (χ3v) is 8.15. The van der Waals surface area contributed by atoms with E-state index in [2.05, 4.69) is 5.10 Å². The number of benzene rings is 2. The maximum atomic E-state index is 14.1. The first-order valence-electron chi connectivity index (χ1n) is 12.3. The fourth-order valence-electron chi connectivity index (χ4n) is 4.07. The van der Waals surface area contributed by atoms with Crippen LogP contribution in [0.1, 0.15) is 37.8 Å². The maximum Gasteiger partial charge on any atom is 0.305 e. The van der Waals surface area contributed by atoms with Gasteiger partial charge in [-0.15, -0.1) is 5.10 Å². The van der Waals surface area contributed by atoms with Gasteiger partial charge in [-0.3, -0.25) is 13.8 Å². The first-order valence-corrected chi connectivity index (χ1v) is 14.1. The second-order valence-electron chi connectivity index (χ2n) is 8.56. The molecule has 3 aromatic rings. The molecule has 0 amide bonds. The summed E-state index contributed by atoms with van der Waals surface area (Å²) in [6.07, 6.45) is 5.03. The molecule has 0 radical (unpaired) electrons. The number of fused-ring (bicyclic) bond motifs is 1. The smallest absolute Gasteiger partial charge is 0.305 e. The Hall–Kier alpha value is -3.50. The number of methoxy groups -OCH3 is 1.